The van der Waals surface area contributed by atoms with Crippen LogP contribution in [0.5, 0.6) is 11.5 Å². The average Bonchev–Trinajstić information content (AvgIpc) is 2.93. The molecule has 0 fully saturated rings. The number of ether oxygens (including phenoxy) is 2. The van der Waals surface area contributed by atoms with Crippen molar-refractivity contribution in [3.63, 3.8) is 0 Å². The first-order chi connectivity index (χ1) is 18.0. The highest BCUT2D eigenvalue weighted by Crippen LogP contribution is 2.20. The van der Waals surface area contributed by atoms with Crippen LogP contribution in [-0.2, 0) is 22.6 Å². The van der Waals surface area contributed by atoms with E-state index in [1.807, 2.05) is 92.7 Å². The van der Waals surface area contributed by atoms with Gasteiger partial charge in [-0.15, -0.1) is 0 Å². The largest absolute Gasteiger partial charge is 0.497 e. The molecule has 0 bridgehead atoms. The Balaban J connectivity index is 1.78. The van der Waals surface area contributed by atoms with Crippen LogP contribution in [0.1, 0.15) is 42.9 Å². The third-order valence-corrected chi connectivity index (χ3v) is 6.13. The minimum Gasteiger partial charge on any atom is -0.497 e. The van der Waals surface area contributed by atoms with Crippen LogP contribution in [0, 0.1) is 6.92 Å². The molecule has 0 aromatic heterocycles. The van der Waals surface area contributed by atoms with Crippen molar-refractivity contribution in [1.29, 1.82) is 0 Å². The second kappa shape index (κ2) is 14.7. The number of nitrogens with one attached hydrogen (secondary N) is 1. The molecular formula is C31H38N2O4. The maximum Gasteiger partial charge on any atom is 0.243 e. The topological polar surface area (TPSA) is 67.9 Å². The zero-order valence-corrected chi connectivity index (χ0v) is 22.1. The number of carbonyl (C=O) groups is 2. The van der Waals surface area contributed by atoms with Gasteiger partial charge in [0.25, 0.3) is 0 Å². The highest BCUT2D eigenvalue weighted by molar-refractivity contribution is 5.88. The van der Waals surface area contributed by atoms with E-state index >= 15 is 0 Å². The maximum absolute atomic E-state index is 13.6. The Kier molecular flexibility index (Phi) is 11.0. The molecule has 1 atom stereocenters. The highest BCUT2D eigenvalue weighted by Gasteiger charge is 2.30. The van der Waals surface area contributed by atoms with Crippen LogP contribution in [-0.4, -0.2) is 43.0 Å². The summed E-state index contributed by atoms with van der Waals surface area (Å²) in [6.07, 6.45) is 2.09. The first-order valence-electron chi connectivity index (χ1n) is 12.9. The van der Waals surface area contributed by atoms with Gasteiger partial charge in [-0.1, -0.05) is 67.1 Å². The van der Waals surface area contributed by atoms with Crippen molar-refractivity contribution in [2.45, 2.75) is 52.1 Å². The Hall–Kier alpha value is -3.80. The summed E-state index contributed by atoms with van der Waals surface area (Å²) in [6, 6.07) is 24.7. The number of carbonyl (C=O) groups excluding carboxylic acids is 2. The monoisotopic (exact) mass is 502 g/mol. The molecule has 1 unspecified atom stereocenters. The van der Waals surface area contributed by atoms with Gasteiger partial charge in [0.05, 0.1) is 13.7 Å². The first-order valence-corrected chi connectivity index (χ1v) is 12.9. The molecule has 6 nitrogen and oxygen atoms in total. The van der Waals surface area contributed by atoms with Gasteiger partial charge in [-0.2, -0.15) is 0 Å². The molecule has 0 aliphatic heterocycles. The van der Waals surface area contributed by atoms with E-state index in [9.17, 15) is 9.59 Å². The van der Waals surface area contributed by atoms with Crippen LogP contribution in [0.4, 0.5) is 0 Å². The number of benzene rings is 3. The number of aryl methyl sites for hydroxylation is 1. The molecule has 1 N–H and O–H groups in total. The molecule has 0 saturated carbocycles. The fourth-order valence-electron chi connectivity index (χ4n) is 4.08. The molecule has 37 heavy (non-hydrogen) atoms. The van der Waals surface area contributed by atoms with Gasteiger partial charge in [0.1, 0.15) is 17.5 Å². The molecule has 3 aromatic carbocycles. The highest BCUT2D eigenvalue weighted by atomic mass is 16.5. The predicted molar refractivity (Wildman–Crippen MR) is 147 cm³/mol. The third-order valence-electron chi connectivity index (χ3n) is 6.13. The molecule has 0 radical (unpaired) electrons. The summed E-state index contributed by atoms with van der Waals surface area (Å²) in [4.78, 5) is 28.7. The Morgan fingerprint density at radius 1 is 0.919 bits per heavy atom. The van der Waals surface area contributed by atoms with Gasteiger partial charge in [-0.05, 0) is 55.2 Å². The quantitative estimate of drug-likeness (QED) is 0.303. The second-order valence-corrected chi connectivity index (χ2v) is 9.13. The first kappa shape index (κ1) is 27.8. The lowest BCUT2D eigenvalue weighted by Gasteiger charge is -2.31. The summed E-state index contributed by atoms with van der Waals surface area (Å²) in [6.45, 7) is 5.34. The Bertz CT molecular complexity index is 1120. The number of hydrogen-bond acceptors (Lipinski definition) is 4. The molecule has 196 valence electrons. The maximum atomic E-state index is 13.6. The summed E-state index contributed by atoms with van der Waals surface area (Å²) in [5, 5.41) is 3.01. The number of hydrogen-bond donors (Lipinski definition) is 1. The Morgan fingerprint density at radius 2 is 1.65 bits per heavy atom. The zero-order valence-electron chi connectivity index (χ0n) is 22.1. The Labute approximate surface area is 220 Å². The molecule has 0 heterocycles. The lowest BCUT2D eigenvalue weighted by atomic mass is 10.0. The van der Waals surface area contributed by atoms with Gasteiger partial charge in [0, 0.05) is 25.9 Å². The van der Waals surface area contributed by atoms with Crippen LogP contribution in [0.2, 0.25) is 0 Å². The van der Waals surface area contributed by atoms with Crippen molar-refractivity contribution in [2.75, 3.05) is 20.3 Å². The van der Waals surface area contributed by atoms with Gasteiger partial charge < -0.3 is 19.7 Å². The van der Waals surface area contributed by atoms with Gasteiger partial charge in [-0.3, -0.25) is 9.59 Å². The van der Waals surface area contributed by atoms with E-state index in [0.29, 0.717) is 38.3 Å². The van der Waals surface area contributed by atoms with E-state index in [2.05, 4.69) is 5.32 Å². The van der Waals surface area contributed by atoms with E-state index in [-0.39, 0.29) is 18.2 Å². The van der Waals surface area contributed by atoms with Crippen molar-refractivity contribution >= 4 is 11.8 Å². The molecule has 0 aliphatic rings. The second-order valence-electron chi connectivity index (χ2n) is 9.13. The van der Waals surface area contributed by atoms with Gasteiger partial charge >= 0.3 is 0 Å². The van der Waals surface area contributed by atoms with Crippen molar-refractivity contribution in [2.24, 2.45) is 0 Å². The van der Waals surface area contributed by atoms with Crippen LogP contribution < -0.4 is 14.8 Å². The summed E-state index contributed by atoms with van der Waals surface area (Å²) in [7, 11) is 1.62. The van der Waals surface area contributed by atoms with Gasteiger partial charge in [0.15, 0.2) is 0 Å². The Morgan fingerprint density at radius 3 is 2.35 bits per heavy atom. The molecule has 6 heteroatoms. The third kappa shape index (κ3) is 8.98. The minimum absolute atomic E-state index is 0.0806. The zero-order chi connectivity index (χ0) is 26.5. The fourth-order valence-corrected chi connectivity index (χ4v) is 4.08. The van der Waals surface area contributed by atoms with Crippen molar-refractivity contribution in [3.05, 3.63) is 95.6 Å². The number of methoxy groups -OCH3 is 1. The van der Waals surface area contributed by atoms with E-state index in [1.54, 1.807) is 12.0 Å². The summed E-state index contributed by atoms with van der Waals surface area (Å²) in [5.74, 6) is 1.28. The standard InChI is InChI=1S/C31H38N2O4/c1-4-19-32-31(35)29(22-25-10-6-5-7-11-25)33(23-26-12-8-13-28(21-26)36-3)30(34)14-9-20-37-27-17-15-24(2)16-18-27/h5-8,10-13,15-18,21,29H,4,9,14,19-20,22-23H2,1-3H3,(H,32,35). The SMILES string of the molecule is CCCNC(=O)C(Cc1ccccc1)N(Cc1cccc(OC)c1)C(=O)CCCOc1ccc(C)cc1. The molecule has 2 amide bonds. The van der Waals surface area contributed by atoms with Crippen molar-refractivity contribution in [3.8, 4) is 11.5 Å². The lowest BCUT2D eigenvalue weighted by Crippen LogP contribution is -2.50. The molecular weight excluding hydrogens is 464 g/mol. The molecule has 0 spiro atoms. The summed E-state index contributed by atoms with van der Waals surface area (Å²) >= 11 is 0. The smallest absolute Gasteiger partial charge is 0.243 e. The van der Waals surface area contributed by atoms with E-state index in [0.717, 1.165) is 23.3 Å². The van der Waals surface area contributed by atoms with Crippen molar-refractivity contribution in [1.82, 2.24) is 10.2 Å². The van der Waals surface area contributed by atoms with Crippen LogP contribution in [0.3, 0.4) is 0 Å². The summed E-state index contributed by atoms with van der Waals surface area (Å²) in [5.41, 5.74) is 3.08. The van der Waals surface area contributed by atoms with Crippen LogP contribution >= 0.6 is 0 Å². The number of rotatable bonds is 14. The minimum atomic E-state index is -0.634. The van der Waals surface area contributed by atoms with Crippen LogP contribution in [0.25, 0.3) is 0 Å². The van der Waals surface area contributed by atoms with E-state index in [1.165, 1.54) is 5.56 Å². The van der Waals surface area contributed by atoms with Crippen LogP contribution in [0.15, 0.2) is 78.9 Å². The van der Waals surface area contributed by atoms with E-state index < -0.39 is 6.04 Å². The lowest BCUT2D eigenvalue weighted by molar-refractivity contribution is -0.141. The molecule has 3 rings (SSSR count). The van der Waals surface area contributed by atoms with E-state index in [4.69, 9.17) is 9.47 Å². The molecule has 3 aromatic rings. The van der Waals surface area contributed by atoms with Gasteiger partial charge in [0.2, 0.25) is 11.8 Å². The summed E-state index contributed by atoms with van der Waals surface area (Å²) < 4.78 is 11.2. The number of amides is 2. The predicted octanol–water partition coefficient (Wildman–Crippen LogP) is 5.33. The average molecular weight is 503 g/mol. The van der Waals surface area contributed by atoms with Crippen molar-refractivity contribution < 1.29 is 19.1 Å². The normalized spacial score (nSPS) is 11.4. The fraction of sp³-hybridized carbons (Fsp3) is 0.355. The molecule has 0 saturated heterocycles. The van der Waals surface area contributed by atoms with Gasteiger partial charge in [-0.25, -0.2) is 0 Å². The number of nitrogens with zero attached hydrogens (tertiary/aromatic N) is 1. The molecule has 0 aliphatic carbocycles.